The van der Waals surface area contributed by atoms with Crippen molar-refractivity contribution in [1.29, 1.82) is 0 Å². The third-order valence-corrected chi connectivity index (χ3v) is 10.2. The summed E-state index contributed by atoms with van der Waals surface area (Å²) >= 11 is 0. The number of aromatic amines is 1. The van der Waals surface area contributed by atoms with Gasteiger partial charge in [-0.15, -0.1) is 0 Å². The summed E-state index contributed by atoms with van der Waals surface area (Å²) in [6.07, 6.45) is 29.3. The van der Waals surface area contributed by atoms with Crippen LogP contribution >= 0.6 is 25.7 Å². The van der Waals surface area contributed by atoms with Gasteiger partial charge in [0.25, 0.3) is 0 Å². The summed E-state index contributed by atoms with van der Waals surface area (Å²) in [4.78, 5) is 8.91. The van der Waals surface area contributed by atoms with Crippen LogP contribution in [0.25, 0.3) is 0 Å². The smallest absolute Gasteiger partial charge is 0.126 e. The molecule has 0 aliphatic rings. The van der Waals surface area contributed by atoms with Crippen LogP contribution in [0.3, 0.4) is 0 Å². The van der Waals surface area contributed by atoms with E-state index in [2.05, 4.69) is 25.8 Å². The Kier molecular flexibility index (Phi) is 22.2. The van der Waals surface area contributed by atoms with Crippen LogP contribution in [0, 0.1) is 0 Å². The molecule has 0 amide bonds. The molecule has 0 saturated heterocycles. The van der Waals surface area contributed by atoms with Crippen LogP contribution in [-0.2, 0) is 0 Å². The second kappa shape index (κ2) is 23.3. The third-order valence-electron chi connectivity index (χ3n) is 6.18. The van der Waals surface area contributed by atoms with Gasteiger partial charge in [0.05, 0.1) is 10.9 Å². The number of nitrogens with one attached hydrogen (secondary N) is 1. The number of H-pyrrole nitrogens is 1. The number of hydrogen-bond acceptors (Lipinski definition) is 1. The minimum Gasteiger partial charge on any atom is -0.338 e. The molecule has 0 radical (unpaired) electrons. The molecule has 0 fully saturated rings. The summed E-state index contributed by atoms with van der Waals surface area (Å²) in [5.41, 5.74) is 4.29. The summed E-state index contributed by atoms with van der Waals surface area (Å²) in [5, 5.41) is 0. The lowest BCUT2D eigenvalue weighted by Gasteiger charge is -2.04. The van der Waals surface area contributed by atoms with Gasteiger partial charge in [0.2, 0.25) is 0 Å². The van der Waals surface area contributed by atoms with E-state index in [1.54, 1.807) is 0 Å². The minimum absolute atomic E-state index is 0.886. The van der Waals surface area contributed by atoms with Gasteiger partial charge in [0.1, 0.15) is 5.57 Å². The molecule has 0 spiro atoms. The molecule has 1 aromatic rings. The van der Waals surface area contributed by atoms with Gasteiger partial charge in [-0.25, -0.2) is 4.98 Å². The molecule has 1 heterocycles. The quantitative estimate of drug-likeness (QED) is 0.112. The molecule has 188 valence electrons. The zero-order valence-corrected chi connectivity index (χ0v) is 24.8. The van der Waals surface area contributed by atoms with Crippen molar-refractivity contribution in [2.24, 2.45) is 0 Å². The first-order valence-electron chi connectivity index (χ1n) is 14.1. The van der Waals surface area contributed by atoms with Crippen molar-refractivity contribution in [3.63, 3.8) is 0 Å². The van der Waals surface area contributed by atoms with Gasteiger partial charge in [-0.2, -0.15) is 0 Å². The van der Waals surface area contributed by atoms with Gasteiger partial charge in [-0.05, 0) is 37.7 Å². The molecule has 2 nitrogen and oxygen atoms in total. The van der Waals surface area contributed by atoms with Crippen LogP contribution in [0.4, 0.5) is 0 Å². The van der Waals surface area contributed by atoms with E-state index >= 15 is 0 Å². The standard InChI is InChI=1S/C27H55N2P3/c1-4-7-10-13-16-19-22-30-25-26(31-23-20-17-14-11-8-5-2)29-27(28-25)32-24-21-18-15-12-9-6-3/h30-32H,4-24H2,1-3H3,(H,28,29). The summed E-state index contributed by atoms with van der Waals surface area (Å²) in [6, 6.07) is 0. The number of rotatable bonds is 24. The Morgan fingerprint density at radius 1 is 0.500 bits per heavy atom. The summed E-state index contributed by atoms with van der Waals surface area (Å²) in [7, 11) is 2.76. The van der Waals surface area contributed by atoms with Gasteiger partial charge in [-0.1, -0.05) is 143 Å². The molecular weight excluding hydrogens is 445 g/mol. The normalized spacial score (nSPS) is 12.6. The number of aromatic nitrogens is 2. The molecule has 1 aromatic heterocycles. The molecule has 1 rings (SSSR count). The fourth-order valence-electron chi connectivity index (χ4n) is 4.06. The minimum atomic E-state index is 0.886. The Bertz CT molecular complexity index is 483. The van der Waals surface area contributed by atoms with E-state index in [0.29, 0.717) is 0 Å². The Balaban J connectivity index is 2.37. The van der Waals surface area contributed by atoms with Crippen LogP contribution in [-0.4, -0.2) is 28.5 Å². The first-order valence-corrected chi connectivity index (χ1v) is 17.8. The Labute approximate surface area is 206 Å². The predicted molar refractivity (Wildman–Crippen MR) is 157 cm³/mol. The third kappa shape index (κ3) is 17.0. The van der Waals surface area contributed by atoms with E-state index in [0.717, 1.165) is 25.7 Å². The first-order chi connectivity index (χ1) is 15.8. The lowest BCUT2D eigenvalue weighted by atomic mass is 10.1. The highest BCUT2D eigenvalue weighted by atomic mass is 31.1. The van der Waals surface area contributed by atoms with Crippen LogP contribution in [0.2, 0.25) is 0 Å². The van der Waals surface area contributed by atoms with Gasteiger partial charge >= 0.3 is 0 Å². The van der Waals surface area contributed by atoms with Crippen LogP contribution in [0.15, 0.2) is 0 Å². The van der Waals surface area contributed by atoms with E-state index < -0.39 is 0 Å². The fourth-order valence-corrected chi connectivity index (χ4v) is 8.09. The van der Waals surface area contributed by atoms with Crippen molar-refractivity contribution in [3.05, 3.63) is 0 Å². The van der Waals surface area contributed by atoms with Crippen molar-refractivity contribution in [1.82, 2.24) is 9.97 Å². The SMILES string of the molecule is CCCCCCCCPc1nc(PCCCCCCCC)c(PCCCCCCCC)[nH]1. The topological polar surface area (TPSA) is 28.7 Å². The van der Waals surface area contributed by atoms with Crippen molar-refractivity contribution < 1.29 is 0 Å². The van der Waals surface area contributed by atoms with E-state index in [9.17, 15) is 0 Å². The zero-order valence-electron chi connectivity index (χ0n) is 21.8. The van der Waals surface area contributed by atoms with Crippen LogP contribution in [0.1, 0.15) is 136 Å². The zero-order chi connectivity index (χ0) is 23.1. The molecule has 1 N–H and O–H groups in total. The van der Waals surface area contributed by atoms with Gasteiger partial charge in [-0.3, -0.25) is 0 Å². The maximum absolute atomic E-state index is 5.12. The molecule has 0 bridgehead atoms. The number of imidazole rings is 1. The van der Waals surface area contributed by atoms with Crippen LogP contribution < -0.4 is 16.4 Å². The van der Waals surface area contributed by atoms with Gasteiger partial charge < -0.3 is 4.98 Å². The molecule has 3 atom stereocenters. The molecule has 32 heavy (non-hydrogen) atoms. The maximum Gasteiger partial charge on any atom is 0.126 e. The van der Waals surface area contributed by atoms with E-state index in [-0.39, 0.29) is 0 Å². The summed E-state index contributed by atoms with van der Waals surface area (Å²) in [6.45, 7) is 6.91. The lowest BCUT2D eigenvalue weighted by Crippen LogP contribution is -2.16. The Morgan fingerprint density at radius 2 is 0.906 bits per heavy atom. The first kappa shape index (κ1) is 30.5. The van der Waals surface area contributed by atoms with Crippen molar-refractivity contribution >= 4 is 42.2 Å². The van der Waals surface area contributed by atoms with E-state index in [1.807, 2.05) is 0 Å². The molecule has 0 aliphatic carbocycles. The lowest BCUT2D eigenvalue weighted by molar-refractivity contribution is 0.626. The number of hydrogen-bond donors (Lipinski definition) is 1. The van der Waals surface area contributed by atoms with Crippen molar-refractivity contribution in [3.8, 4) is 0 Å². The average molecular weight is 501 g/mol. The highest BCUT2D eigenvalue weighted by Gasteiger charge is 2.10. The molecule has 0 aliphatic heterocycles. The summed E-state index contributed by atoms with van der Waals surface area (Å²) in [5.74, 6) is 0. The molecule has 3 unspecified atom stereocenters. The van der Waals surface area contributed by atoms with Gasteiger partial charge in [0, 0.05) is 0 Å². The maximum atomic E-state index is 5.12. The molecule has 0 aromatic carbocycles. The second-order valence-electron chi connectivity index (χ2n) is 9.39. The van der Waals surface area contributed by atoms with Gasteiger partial charge in [0.15, 0.2) is 0 Å². The largest absolute Gasteiger partial charge is 0.338 e. The highest BCUT2D eigenvalue weighted by molar-refractivity contribution is 7.54. The molecular formula is C27H55N2P3. The Morgan fingerprint density at radius 3 is 1.41 bits per heavy atom. The molecule has 5 heteroatoms. The fraction of sp³-hybridized carbons (Fsp3) is 0.889. The average Bonchev–Trinajstić information content (AvgIpc) is 3.19. The number of unbranched alkanes of at least 4 members (excludes halogenated alkanes) is 15. The highest BCUT2D eigenvalue weighted by Crippen LogP contribution is 2.20. The Hall–Kier alpha value is 0.500. The van der Waals surface area contributed by atoms with Crippen molar-refractivity contribution in [2.45, 2.75) is 136 Å². The summed E-state index contributed by atoms with van der Waals surface area (Å²) < 4.78 is 0. The predicted octanol–water partition coefficient (Wildman–Crippen LogP) is 8.40. The molecule has 0 saturated carbocycles. The van der Waals surface area contributed by atoms with E-state index in [4.69, 9.17) is 4.98 Å². The van der Waals surface area contributed by atoms with Crippen LogP contribution in [0.5, 0.6) is 0 Å². The number of nitrogens with zero attached hydrogens (tertiary/aromatic N) is 1. The van der Waals surface area contributed by atoms with Crippen molar-refractivity contribution in [2.75, 3.05) is 18.5 Å². The van der Waals surface area contributed by atoms with E-state index in [1.165, 1.54) is 150 Å². The monoisotopic (exact) mass is 500 g/mol. The second-order valence-corrected chi connectivity index (χ2v) is 13.4.